The number of nitrogens with one attached hydrogen (secondary N) is 4. The van der Waals surface area contributed by atoms with Crippen molar-refractivity contribution in [2.24, 2.45) is 0 Å². The quantitative estimate of drug-likeness (QED) is 0.0408. The van der Waals surface area contributed by atoms with Gasteiger partial charge in [0.2, 0.25) is 5.79 Å². The summed E-state index contributed by atoms with van der Waals surface area (Å²) >= 11 is 0. The summed E-state index contributed by atoms with van der Waals surface area (Å²) in [6.07, 6.45) is -1.85. The number of carbonyl (C=O) groups excluding carboxylic acids is 4. The van der Waals surface area contributed by atoms with Gasteiger partial charge in [0.05, 0.1) is 13.2 Å². The third kappa shape index (κ3) is 15.7. The van der Waals surface area contributed by atoms with E-state index in [0.717, 1.165) is 22.3 Å². The fourth-order valence-corrected chi connectivity index (χ4v) is 4.75. The fraction of sp³-hybridized carbons (Fsp3) is 0.282. The summed E-state index contributed by atoms with van der Waals surface area (Å²) in [6, 6.07) is 28.4. The third-order valence-electron chi connectivity index (χ3n) is 7.53. The molecule has 0 aliphatic rings. The average Bonchev–Trinajstić information content (AvgIpc) is 3.17. The van der Waals surface area contributed by atoms with Crippen molar-refractivity contribution in [2.45, 2.75) is 18.6 Å². The zero-order chi connectivity index (χ0) is 39.5. The molecule has 0 spiro atoms. The van der Waals surface area contributed by atoms with Crippen molar-refractivity contribution in [1.29, 1.82) is 0 Å². The van der Waals surface area contributed by atoms with Crippen molar-refractivity contribution in [1.82, 2.24) is 0 Å². The molecule has 0 aliphatic heterocycles. The van der Waals surface area contributed by atoms with Crippen LogP contribution in [0.2, 0.25) is 0 Å². The molecule has 0 atom stereocenters. The Morgan fingerprint density at radius 1 is 0.436 bits per heavy atom. The lowest BCUT2D eigenvalue weighted by atomic mass is 10.0. The van der Waals surface area contributed by atoms with E-state index in [2.05, 4.69) is 21.3 Å². The molecule has 292 valence electrons. The molecular weight excluding hydrogens is 716 g/mol. The lowest BCUT2D eigenvalue weighted by Crippen LogP contribution is -2.41. The molecule has 0 saturated carbocycles. The first-order chi connectivity index (χ1) is 26.5. The maximum Gasteiger partial charge on any atom is 0.411 e. The van der Waals surface area contributed by atoms with Gasteiger partial charge in [0.1, 0.15) is 13.2 Å². The van der Waals surface area contributed by atoms with Crippen LogP contribution in [0.1, 0.15) is 22.3 Å². The van der Waals surface area contributed by atoms with Crippen molar-refractivity contribution in [3.63, 3.8) is 0 Å². The van der Waals surface area contributed by atoms with E-state index in [1.165, 1.54) is 14.2 Å². The molecule has 0 saturated heterocycles. The van der Waals surface area contributed by atoms with Crippen molar-refractivity contribution >= 4 is 47.1 Å². The van der Waals surface area contributed by atoms with Crippen molar-refractivity contribution in [3.8, 4) is 0 Å². The predicted octanol–water partition coefficient (Wildman–Crippen LogP) is 5.74. The van der Waals surface area contributed by atoms with Gasteiger partial charge in [-0.1, -0.05) is 48.5 Å². The molecule has 6 N–H and O–H groups in total. The molecule has 0 bridgehead atoms. The molecule has 16 heteroatoms. The van der Waals surface area contributed by atoms with Gasteiger partial charge in [0.15, 0.2) is 13.2 Å². The van der Waals surface area contributed by atoms with Gasteiger partial charge in [0, 0.05) is 37.0 Å². The Morgan fingerprint density at radius 2 is 0.691 bits per heavy atom. The number of methoxy groups -OCH3 is 2. The van der Waals surface area contributed by atoms with Gasteiger partial charge >= 0.3 is 24.4 Å². The molecule has 0 radical (unpaired) electrons. The average molecular weight is 761 g/mol. The number of rotatable bonds is 18. The van der Waals surface area contributed by atoms with Crippen LogP contribution >= 0.6 is 0 Å². The van der Waals surface area contributed by atoms with Crippen LogP contribution in [0.3, 0.4) is 0 Å². The second-order valence-electron chi connectivity index (χ2n) is 12.0. The number of ether oxygens (including phenoxy) is 6. The molecule has 0 heterocycles. The summed E-state index contributed by atoms with van der Waals surface area (Å²) < 4.78 is 29.5. The van der Waals surface area contributed by atoms with Gasteiger partial charge < -0.3 is 38.6 Å². The molecular formula is C39H44N4O12. The number of aliphatic hydroxyl groups is 2. The monoisotopic (exact) mass is 760 g/mol. The molecule has 4 amide bonds. The lowest BCUT2D eigenvalue weighted by molar-refractivity contribution is -0.206. The van der Waals surface area contributed by atoms with E-state index in [4.69, 9.17) is 28.4 Å². The third-order valence-corrected chi connectivity index (χ3v) is 7.53. The van der Waals surface area contributed by atoms with E-state index in [-0.39, 0.29) is 13.2 Å². The summed E-state index contributed by atoms with van der Waals surface area (Å²) in [4.78, 5) is 48.1. The molecule has 4 aromatic rings. The Hall–Kier alpha value is -6.20. The maximum atomic E-state index is 12.3. The number of carbonyl (C=O) groups is 4. The largest absolute Gasteiger partial charge is 0.447 e. The summed E-state index contributed by atoms with van der Waals surface area (Å²) in [7, 11) is 3.04. The smallest absolute Gasteiger partial charge is 0.411 e. The SMILES string of the molecule is COCCOC(=O)Nc1ccc(Cc2ccc(NC(=O)OCC(O)(O)COC(=O)Nc3ccc(Cc4ccc(NC(=O)OCCOC)cc4)cc3)cc2)cc1. The van der Waals surface area contributed by atoms with Crippen LogP contribution in [-0.2, 0) is 41.3 Å². The zero-order valence-corrected chi connectivity index (χ0v) is 30.4. The highest BCUT2D eigenvalue weighted by atomic mass is 16.6. The fourth-order valence-electron chi connectivity index (χ4n) is 4.75. The Kier molecular flexibility index (Phi) is 16.2. The van der Waals surface area contributed by atoms with E-state index in [1.54, 1.807) is 48.5 Å². The minimum absolute atomic E-state index is 0.152. The molecule has 4 rings (SSSR count). The topological polar surface area (TPSA) is 212 Å². The summed E-state index contributed by atoms with van der Waals surface area (Å²) in [5.41, 5.74) is 5.86. The molecule has 0 fully saturated rings. The number of hydrogen-bond acceptors (Lipinski definition) is 12. The number of amides is 4. The molecule has 55 heavy (non-hydrogen) atoms. The first kappa shape index (κ1) is 41.6. The van der Waals surface area contributed by atoms with Crippen LogP contribution in [0.25, 0.3) is 0 Å². The van der Waals surface area contributed by atoms with Gasteiger partial charge in [0.25, 0.3) is 0 Å². The second-order valence-corrected chi connectivity index (χ2v) is 12.0. The minimum atomic E-state index is -2.65. The normalized spacial score (nSPS) is 10.8. The Balaban J connectivity index is 1.12. The van der Waals surface area contributed by atoms with Gasteiger partial charge in [-0.25, -0.2) is 19.2 Å². The second kappa shape index (κ2) is 21.5. The highest BCUT2D eigenvalue weighted by Crippen LogP contribution is 2.18. The van der Waals surface area contributed by atoms with E-state index >= 15 is 0 Å². The van der Waals surface area contributed by atoms with Crippen LogP contribution in [0.15, 0.2) is 97.1 Å². The first-order valence-corrected chi connectivity index (χ1v) is 17.0. The minimum Gasteiger partial charge on any atom is -0.447 e. The van der Waals surface area contributed by atoms with Crippen molar-refractivity contribution in [3.05, 3.63) is 119 Å². The van der Waals surface area contributed by atoms with Crippen LogP contribution in [0.5, 0.6) is 0 Å². The zero-order valence-electron chi connectivity index (χ0n) is 30.4. The van der Waals surface area contributed by atoms with Crippen LogP contribution < -0.4 is 21.3 Å². The number of benzene rings is 4. The molecule has 0 aromatic heterocycles. The van der Waals surface area contributed by atoms with E-state index < -0.39 is 43.4 Å². The van der Waals surface area contributed by atoms with E-state index in [0.29, 0.717) is 48.8 Å². The number of hydrogen-bond donors (Lipinski definition) is 6. The van der Waals surface area contributed by atoms with Crippen LogP contribution in [0, 0.1) is 0 Å². The predicted molar refractivity (Wildman–Crippen MR) is 202 cm³/mol. The first-order valence-electron chi connectivity index (χ1n) is 17.0. The highest BCUT2D eigenvalue weighted by molar-refractivity contribution is 5.86. The van der Waals surface area contributed by atoms with Gasteiger partial charge in [-0.15, -0.1) is 0 Å². The van der Waals surface area contributed by atoms with Gasteiger partial charge in [-0.05, 0) is 83.6 Å². The van der Waals surface area contributed by atoms with E-state index in [9.17, 15) is 29.4 Å². The summed E-state index contributed by atoms with van der Waals surface area (Å²) in [5.74, 6) is -2.65. The Bertz CT molecular complexity index is 1690. The standard InChI is InChI=1S/C39H44N4O12/c1-50-19-21-52-35(44)40-31-11-3-27(4-12-31)23-29-7-15-33(16-8-29)42-37(46)54-25-39(48,49)26-55-38(47)43-34-17-9-30(10-18-34)24-28-5-13-32(14-6-28)41-36(45)53-22-20-51-2/h3-18,48-49H,19-26H2,1-2H3,(H,40,44)(H,41,45)(H,42,46)(H,43,47). The summed E-state index contributed by atoms with van der Waals surface area (Å²) in [5, 5.41) is 30.6. The van der Waals surface area contributed by atoms with E-state index in [1.807, 2.05) is 48.5 Å². The van der Waals surface area contributed by atoms with Crippen LogP contribution in [0.4, 0.5) is 41.9 Å². The van der Waals surface area contributed by atoms with Gasteiger partial charge in [-0.3, -0.25) is 21.3 Å². The Morgan fingerprint density at radius 3 is 0.945 bits per heavy atom. The lowest BCUT2D eigenvalue weighted by Gasteiger charge is -2.21. The number of anilines is 4. The maximum absolute atomic E-state index is 12.3. The van der Waals surface area contributed by atoms with Crippen molar-refractivity contribution in [2.75, 3.05) is 75.1 Å². The molecule has 0 aliphatic carbocycles. The molecule has 16 nitrogen and oxygen atoms in total. The highest BCUT2D eigenvalue weighted by Gasteiger charge is 2.28. The molecule has 0 unspecified atom stereocenters. The van der Waals surface area contributed by atoms with Gasteiger partial charge in [-0.2, -0.15) is 0 Å². The summed E-state index contributed by atoms with van der Waals surface area (Å²) in [6.45, 7) is -0.819. The Labute approximate surface area is 317 Å². The van der Waals surface area contributed by atoms with Crippen molar-refractivity contribution < 1.29 is 57.8 Å². The molecule has 4 aromatic carbocycles. The van der Waals surface area contributed by atoms with Crippen LogP contribution in [-0.4, -0.2) is 94.2 Å².